The molecule has 30 heavy (non-hydrogen) atoms. The standard InChI is InChI=1S/C22H19ClN4O3/c1-2-18(29)26-7-8-27-13(10-26)11-30-21-19-16(24-12-25-22(19)27)9-15(20(21)23)14-5-3-4-6-17(14)28/h2-6,9,12-13,28H,1,7-8,10-11H2/t13-/m0/s1. The van der Waals surface area contributed by atoms with Crippen molar-refractivity contribution in [2.75, 3.05) is 31.1 Å². The smallest absolute Gasteiger partial charge is 0.246 e. The number of aromatic nitrogens is 2. The van der Waals surface area contributed by atoms with Crippen molar-refractivity contribution in [3.63, 3.8) is 0 Å². The Kier molecular flexibility index (Phi) is 4.47. The number of amides is 1. The Morgan fingerprint density at radius 1 is 1.27 bits per heavy atom. The molecule has 1 aromatic heterocycles. The quantitative estimate of drug-likeness (QED) is 0.639. The van der Waals surface area contributed by atoms with E-state index in [1.165, 1.54) is 12.4 Å². The zero-order valence-corrected chi connectivity index (χ0v) is 16.8. The van der Waals surface area contributed by atoms with E-state index in [2.05, 4.69) is 21.4 Å². The van der Waals surface area contributed by atoms with Gasteiger partial charge in [-0.1, -0.05) is 36.4 Å². The third-order valence-corrected chi connectivity index (χ3v) is 6.03. The van der Waals surface area contributed by atoms with Gasteiger partial charge in [0.2, 0.25) is 5.91 Å². The Hall–Kier alpha value is -3.32. The zero-order valence-electron chi connectivity index (χ0n) is 16.1. The number of halogens is 1. The molecule has 152 valence electrons. The molecule has 2 aromatic carbocycles. The first-order valence-corrected chi connectivity index (χ1v) is 10.0. The number of carbonyl (C=O) groups is 1. The molecule has 7 nitrogen and oxygen atoms in total. The summed E-state index contributed by atoms with van der Waals surface area (Å²) >= 11 is 6.78. The van der Waals surface area contributed by atoms with Crippen LogP contribution in [-0.4, -0.2) is 58.2 Å². The number of phenolic OH excluding ortho intramolecular Hbond substituents is 1. The van der Waals surface area contributed by atoms with Gasteiger partial charge in [0.1, 0.15) is 24.5 Å². The largest absolute Gasteiger partial charge is 0.507 e. The lowest BCUT2D eigenvalue weighted by Crippen LogP contribution is -2.56. The van der Waals surface area contributed by atoms with E-state index in [1.54, 1.807) is 23.1 Å². The normalized spacial score (nSPS) is 17.8. The van der Waals surface area contributed by atoms with Crippen molar-refractivity contribution in [3.8, 4) is 22.6 Å². The fourth-order valence-corrected chi connectivity index (χ4v) is 4.49. The first-order valence-electron chi connectivity index (χ1n) is 9.65. The molecule has 2 aliphatic heterocycles. The highest BCUT2D eigenvalue weighted by Crippen LogP contribution is 2.47. The zero-order chi connectivity index (χ0) is 20.8. The number of fused-ring (bicyclic) bond motifs is 2. The molecule has 0 bridgehead atoms. The van der Waals surface area contributed by atoms with Crippen LogP contribution in [-0.2, 0) is 4.79 Å². The Morgan fingerprint density at radius 3 is 2.90 bits per heavy atom. The van der Waals surface area contributed by atoms with Crippen molar-refractivity contribution in [1.29, 1.82) is 0 Å². The van der Waals surface area contributed by atoms with Crippen LogP contribution in [0.25, 0.3) is 22.0 Å². The van der Waals surface area contributed by atoms with Crippen LogP contribution in [0.2, 0.25) is 5.02 Å². The lowest BCUT2D eigenvalue weighted by atomic mass is 10.0. The predicted octanol–water partition coefficient (Wildman–Crippen LogP) is 3.25. The average Bonchev–Trinajstić information content (AvgIpc) is 2.94. The number of carbonyl (C=O) groups excluding carboxylic acids is 1. The van der Waals surface area contributed by atoms with E-state index in [4.69, 9.17) is 16.3 Å². The van der Waals surface area contributed by atoms with Gasteiger partial charge < -0.3 is 19.6 Å². The second-order valence-electron chi connectivity index (χ2n) is 7.32. The van der Waals surface area contributed by atoms with Crippen LogP contribution in [0.3, 0.4) is 0 Å². The molecule has 1 saturated heterocycles. The molecule has 0 unspecified atom stereocenters. The fourth-order valence-electron chi connectivity index (χ4n) is 4.19. The Labute approximate surface area is 178 Å². The molecule has 1 amide bonds. The monoisotopic (exact) mass is 422 g/mol. The summed E-state index contributed by atoms with van der Waals surface area (Å²) in [4.78, 5) is 25.0. The lowest BCUT2D eigenvalue weighted by molar-refractivity contribution is -0.126. The van der Waals surface area contributed by atoms with E-state index < -0.39 is 0 Å². The molecule has 0 radical (unpaired) electrons. The third-order valence-electron chi connectivity index (χ3n) is 5.66. The molecule has 3 aromatic rings. The molecule has 5 rings (SSSR count). The van der Waals surface area contributed by atoms with Gasteiger partial charge in [0, 0.05) is 30.8 Å². The van der Waals surface area contributed by atoms with Crippen LogP contribution in [0, 0.1) is 0 Å². The SMILES string of the molecule is C=CC(=O)N1CCN2c3ncnc4cc(-c5ccccc5O)c(Cl)c(c34)OC[C@@H]2C1. The number of piperazine rings is 1. The first kappa shape index (κ1) is 18.7. The molecule has 8 heteroatoms. The number of phenols is 1. The molecule has 0 aliphatic carbocycles. The van der Waals surface area contributed by atoms with Gasteiger partial charge in [0.15, 0.2) is 5.75 Å². The minimum Gasteiger partial charge on any atom is -0.507 e. The van der Waals surface area contributed by atoms with Crippen LogP contribution in [0.15, 0.2) is 49.3 Å². The summed E-state index contributed by atoms with van der Waals surface area (Å²) < 4.78 is 6.19. The van der Waals surface area contributed by atoms with Gasteiger partial charge in [0.25, 0.3) is 0 Å². The van der Waals surface area contributed by atoms with E-state index in [0.29, 0.717) is 53.7 Å². The summed E-state index contributed by atoms with van der Waals surface area (Å²) in [6.45, 7) is 5.63. The van der Waals surface area contributed by atoms with Crippen LogP contribution in [0.5, 0.6) is 11.5 Å². The highest BCUT2D eigenvalue weighted by atomic mass is 35.5. The average molecular weight is 423 g/mol. The number of hydrogen-bond donors (Lipinski definition) is 1. The van der Waals surface area contributed by atoms with E-state index >= 15 is 0 Å². The van der Waals surface area contributed by atoms with Crippen molar-refractivity contribution in [2.45, 2.75) is 6.04 Å². The molecule has 0 spiro atoms. The second kappa shape index (κ2) is 7.18. The lowest BCUT2D eigenvalue weighted by Gasteiger charge is -2.40. The van der Waals surface area contributed by atoms with Crippen LogP contribution in [0.1, 0.15) is 0 Å². The van der Waals surface area contributed by atoms with Crippen molar-refractivity contribution in [3.05, 3.63) is 54.3 Å². The minimum absolute atomic E-state index is 0.0715. The Balaban J connectivity index is 1.65. The van der Waals surface area contributed by atoms with Gasteiger partial charge in [-0.3, -0.25) is 4.79 Å². The third kappa shape index (κ3) is 2.85. The van der Waals surface area contributed by atoms with Crippen molar-refractivity contribution >= 4 is 34.2 Å². The number of para-hydroxylation sites is 1. The number of nitrogens with zero attached hydrogens (tertiary/aromatic N) is 4. The first-order chi connectivity index (χ1) is 14.6. The maximum absolute atomic E-state index is 12.1. The van der Waals surface area contributed by atoms with Crippen LogP contribution < -0.4 is 9.64 Å². The molecule has 0 saturated carbocycles. The molecular weight excluding hydrogens is 404 g/mol. The van der Waals surface area contributed by atoms with E-state index in [9.17, 15) is 9.90 Å². The number of hydrogen-bond acceptors (Lipinski definition) is 6. The summed E-state index contributed by atoms with van der Waals surface area (Å²) in [7, 11) is 0. The van der Waals surface area contributed by atoms with Gasteiger partial charge in [0.05, 0.1) is 22.0 Å². The van der Waals surface area contributed by atoms with Crippen molar-refractivity contribution in [2.24, 2.45) is 0 Å². The highest BCUT2D eigenvalue weighted by Gasteiger charge is 2.35. The second-order valence-corrected chi connectivity index (χ2v) is 7.70. The predicted molar refractivity (Wildman–Crippen MR) is 115 cm³/mol. The molecule has 2 aliphatic rings. The Bertz CT molecular complexity index is 1180. The summed E-state index contributed by atoms with van der Waals surface area (Å²) in [6.07, 6.45) is 2.86. The topological polar surface area (TPSA) is 78.8 Å². The number of benzene rings is 2. The van der Waals surface area contributed by atoms with Gasteiger partial charge in [-0.25, -0.2) is 9.97 Å². The summed E-state index contributed by atoms with van der Waals surface area (Å²) in [6, 6.07) is 8.79. The number of anilines is 1. The Morgan fingerprint density at radius 2 is 2.10 bits per heavy atom. The van der Waals surface area contributed by atoms with Gasteiger partial charge >= 0.3 is 0 Å². The van der Waals surface area contributed by atoms with Crippen LogP contribution >= 0.6 is 11.6 Å². The number of rotatable bonds is 2. The van der Waals surface area contributed by atoms with Gasteiger partial charge in [-0.15, -0.1) is 0 Å². The van der Waals surface area contributed by atoms with E-state index in [1.807, 2.05) is 12.1 Å². The molecule has 1 N–H and O–H groups in total. The van der Waals surface area contributed by atoms with Crippen molar-refractivity contribution in [1.82, 2.24) is 14.9 Å². The van der Waals surface area contributed by atoms with Gasteiger partial charge in [-0.2, -0.15) is 0 Å². The van der Waals surface area contributed by atoms with Crippen LogP contribution in [0.4, 0.5) is 5.82 Å². The van der Waals surface area contributed by atoms with Gasteiger partial charge in [-0.05, 0) is 18.2 Å². The minimum atomic E-state index is -0.0934. The highest BCUT2D eigenvalue weighted by molar-refractivity contribution is 6.36. The molecule has 3 heterocycles. The van der Waals surface area contributed by atoms with E-state index in [-0.39, 0.29) is 17.7 Å². The molecule has 1 fully saturated rings. The summed E-state index contributed by atoms with van der Waals surface area (Å²) in [5.74, 6) is 1.28. The fraction of sp³-hybridized carbons (Fsp3) is 0.227. The van der Waals surface area contributed by atoms with E-state index in [0.717, 1.165) is 11.2 Å². The molecule has 1 atom stereocenters. The summed E-state index contributed by atoms with van der Waals surface area (Å²) in [5, 5.41) is 11.5. The maximum Gasteiger partial charge on any atom is 0.246 e. The maximum atomic E-state index is 12.1. The molecular formula is C22H19ClN4O3. The number of ether oxygens (including phenoxy) is 1. The number of aromatic hydroxyl groups is 1. The van der Waals surface area contributed by atoms with Crippen molar-refractivity contribution < 1.29 is 14.6 Å². The summed E-state index contributed by atoms with van der Waals surface area (Å²) in [5.41, 5.74) is 1.93.